The molecule has 2 rings (SSSR count). The van der Waals surface area contributed by atoms with Crippen molar-refractivity contribution < 1.29 is 18.0 Å². The standard InChI is InChI=1S/C15H19F3N2O/c1-10-2-3-12(9-13(10)15(16,17)18)20-14(21)8-11-4-6-19-7-5-11/h2-3,9,11,19H,4-8H2,1H3,(H,20,21). The molecule has 0 radical (unpaired) electrons. The molecule has 0 aromatic heterocycles. The van der Waals surface area contributed by atoms with Crippen LogP contribution in [0.15, 0.2) is 18.2 Å². The molecule has 0 atom stereocenters. The molecule has 3 nitrogen and oxygen atoms in total. The van der Waals surface area contributed by atoms with Crippen molar-refractivity contribution in [1.82, 2.24) is 5.32 Å². The molecule has 0 saturated carbocycles. The van der Waals surface area contributed by atoms with E-state index in [1.54, 1.807) is 0 Å². The number of benzene rings is 1. The van der Waals surface area contributed by atoms with E-state index < -0.39 is 11.7 Å². The van der Waals surface area contributed by atoms with Gasteiger partial charge in [0, 0.05) is 12.1 Å². The summed E-state index contributed by atoms with van der Waals surface area (Å²) in [6, 6.07) is 3.88. The van der Waals surface area contributed by atoms with E-state index in [9.17, 15) is 18.0 Å². The highest BCUT2D eigenvalue weighted by atomic mass is 19.4. The van der Waals surface area contributed by atoms with E-state index in [-0.39, 0.29) is 17.2 Å². The minimum absolute atomic E-state index is 0.152. The lowest BCUT2D eigenvalue weighted by Gasteiger charge is -2.22. The molecule has 116 valence electrons. The van der Waals surface area contributed by atoms with Crippen LogP contribution < -0.4 is 10.6 Å². The van der Waals surface area contributed by atoms with Crippen molar-refractivity contribution in [2.75, 3.05) is 18.4 Å². The van der Waals surface area contributed by atoms with Gasteiger partial charge in [0.05, 0.1) is 5.56 Å². The van der Waals surface area contributed by atoms with Crippen LogP contribution in [0.25, 0.3) is 0 Å². The number of hydrogen-bond acceptors (Lipinski definition) is 2. The summed E-state index contributed by atoms with van der Waals surface area (Å²) in [6.07, 6.45) is -2.19. The van der Waals surface area contributed by atoms with Gasteiger partial charge in [-0.05, 0) is 56.5 Å². The number of amides is 1. The summed E-state index contributed by atoms with van der Waals surface area (Å²) in [7, 11) is 0. The van der Waals surface area contributed by atoms with Crippen LogP contribution in [-0.2, 0) is 11.0 Å². The van der Waals surface area contributed by atoms with Crippen molar-refractivity contribution >= 4 is 11.6 Å². The number of piperidine rings is 1. The Morgan fingerprint density at radius 2 is 2.00 bits per heavy atom. The molecule has 21 heavy (non-hydrogen) atoms. The Labute approximate surface area is 121 Å². The largest absolute Gasteiger partial charge is 0.416 e. The summed E-state index contributed by atoms with van der Waals surface area (Å²) in [6.45, 7) is 3.19. The second-order valence-corrected chi connectivity index (χ2v) is 5.47. The van der Waals surface area contributed by atoms with E-state index in [0.29, 0.717) is 12.3 Å². The van der Waals surface area contributed by atoms with E-state index >= 15 is 0 Å². The van der Waals surface area contributed by atoms with Gasteiger partial charge in [-0.25, -0.2) is 0 Å². The summed E-state index contributed by atoms with van der Waals surface area (Å²) < 4.78 is 38.5. The molecule has 1 aromatic rings. The lowest BCUT2D eigenvalue weighted by Crippen LogP contribution is -2.30. The Bertz CT molecular complexity index is 508. The predicted molar refractivity (Wildman–Crippen MR) is 75.0 cm³/mol. The fourth-order valence-corrected chi connectivity index (χ4v) is 2.57. The first-order chi connectivity index (χ1) is 9.86. The van der Waals surface area contributed by atoms with Gasteiger partial charge >= 0.3 is 6.18 Å². The van der Waals surface area contributed by atoms with Crippen molar-refractivity contribution in [1.29, 1.82) is 0 Å². The van der Waals surface area contributed by atoms with Crippen molar-refractivity contribution in [3.05, 3.63) is 29.3 Å². The van der Waals surface area contributed by atoms with Gasteiger partial charge in [-0.1, -0.05) is 6.07 Å². The molecule has 6 heteroatoms. The number of nitrogens with one attached hydrogen (secondary N) is 2. The minimum atomic E-state index is -4.40. The van der Waals surface area contributed by atoms with Crippen LogP contribution >= 0.6 is 0 Å². The molecule has 1 heterocycles. The maximum absolute atomic E-state index is 12.8. The Kier molecular flexibility index (Phi) is 4.88. The summed E-state index contributed by atoms with van der Waals surface area (Å²) >= 11 is 0. The van der Waals surface area contributed by atoms with Gasteiger partial charge in [0.2, 0.25) is 5.91 Å². The van der Waals surface area contributed by atoms with E-state index in [0.717, 1.165) is 32.0 Å². The maximum Gasteiger partial charge on any atom is 0.416 e. The number of rotatable bonds is 3. The Hall–Kier alpha value is -1.56. The molecule has 1 aliphatic rings. The number of anilines is 1. The highest BCUT2D eigenvalue weighted by molar-refractivity contribution is 5.91. The van der Waals surface area contributed by atoms with Crippen molar-refractivity contribution in [3.63, 3.8) is 0 Å². The topological polar surface area (TPSA) is 41.1 Å². The monoisotopic (exact) mass is 300 g/mol. The molecule has 1 aliphatic heterocycles. The fourth-order valence-electron chi connectivity index (χ4n) is 2.57. The van der Waals surface area contributed by atoms with E-state index in [4.69, 9.17) is 0 Å². The molecule has 1 saturated heterocycles. The van der Waals surface area contributed by atoms with Gasteiger partial charge in [0.15, 0.2) is 0 Å². The average Bonchev–Trinajstić information content (AvgIpc) is 2.41. The summed E-state index contributed by atoms with van der Waals surface area (Å²) in [5, 5.41) is 5.78. The number of aryl methyl sites for hydroxylation is 1. The number of carbonyl (C=O) groups is 1. The molecule has 1 fully saturated rings. The van der Waals surface area contributed by atoms with Crippen LogP contribution in [0.2, 0.25) is 0 Å². The van der Waals surface area contributed by atoms with Gasteiger partial charge in [0.25, 0.3) is 0 Å². The smallest absolute Gasteiger partial charge is 0.326 e. The normalized spacial score (nSPS) is 16.8. The van der Waals surface area contributed by atoms with Crippen molar-refractivity contribution in [3.8, 4) is 0 Å². The summed E-state index contributed by atoms with van der Waals surface area (Å²) in [4.78, 5) is 11.9. The van der Waals surface area contributed by atoms with Crippen LogP contribution in [0.1, 0.15) is 30.4 Å². The van der Waals surface area contributed by atoms with Crippen LogP contribution in [-0.4, -0.2) is 19.0 Å². The zero-order valence-corrected chi connectivity index (χ0v) is 11.9. The van der Waals surface area contributed by atoms with E-state index in [1.165, 1.54) is 19.1 Å². The molecule has 2 N–H and O–H groups in total. The zero-order chi connectivity index (χ0) is 15.5. The number of carbonyl (C=O) groups excluding carboxylic acids is 1. The van der Waals surface area contributed by atoms with E-state index in [2.05, 4.69) is 10.6 Å². The first kappa shape index (κ1) is 15.8. The molecule has 0 bridgehead atoms. The Balaban J connectivity index is 2.00. The maximum atomic E-state index is 12.8. The number of halogens is 3. The van der Waals surface area contributed by atoms with Crippen LogP contribution in [0, 0.1) is 12.8 Å². The van der Waals surface area contributed by atoms with Gasteiger partial charge in [-0.3, -0.25) is 4.79 Å². The lowest BCUT2D eigenvalue weighted by molar-refractivity contribution is -0.138. The van der Waals surface area contributed by atoms with Crippen molar-refractivity contribution in [2.24, 2.45) is 5.92 Å². The molecular formula is C15H19F3N2O. The molecule has 0 aliphatic carbocycles. The fraction of sp³-hybridized carbons (Fsp3) is 0.533. The Morgan fingerprint density at radius 3 is 2.62 bits per heavy atom. The first-order valence-electron chi connectivity index (χ1n) is 7.04. The minimum Gasteiger partial charge on any atom is -0.326 e. The lowest BCUT2D eigenvalue weighted by atomic mass is 9.94. The van der Waals surface area contributed by atoms with Gasteiger partial charge < -0.3 is 10.6 Å². The highest BCUT2D eigenvalue weighted by Crippen LogP contribution is 2.33. The third-order valence-electron chi connectivity index (χ3n) is 3.76. The highest BCUT2D eigenvalue weighted by Gasteiger charge is 2.32. The Morgan fingerprint density at radius 1 is 1.33 bits per heavy atom. The number of alkyl halides is 3. The van der Waals surface area contributed by atoms with Gasteiger partial charge in [-0.2, -0.15) is 13.2 Å². The molecule has 1 aromatic carbocycles. The second kappa shape index (κ2) is 6.47. The third-order valence-corrected chi connectivity index (χ3v) is 3.76. The summed E-state index contributed by atoms with van der Waals surface area (Å²) in [5.74, 6) is 0.0812. The second-order valence-electron chi connectivity index (χ2n) is 5.47. The van der Waals surface area contributed by atoms with E-state index in [1.807, 2.05) is 0 Å². The molecular weight excluding hydrogens is 281 g/mol. The average molecular weight is 300 g/mol. The van der Waals surface area contributed by atoms with Gasteiger partial charge in [-0.15, -0.1) is 0 Å². The van der Waals surface area contributed by atoms with Crippen LogP contribution in [0.3, 0.4) is 0 Å². The quantitative estimate of drug-likeness (QED) is 0.899. The molecule has 0 spiro atoms. The SMILES string of the molecule is Cc1ccc(NC(=O)CC2CCNCC2)cc1C(F)(F)F. The van der Waals surface area contributed by atoms with Crippen LogP contribution in [0.4, 0.5) is 18.9 Å². The predicted octanol–water partition coefficient (Wildman–Crippen LogP) is 3.34. The third kappa shape index (κ3) is 4.46. The molecule has 1 amide bonds. The van der Waals surface area contributed by atoms with Crippen molar-refractivity contribution in [2.45, 2.75) is 32.4 Å². The zero-order valence-electron chi connectivity index (χ0n) is 11.9. The molecule has 0 unspecified atom stereocenters. The number of hydrogen-bond donors (Lipinski definition) is 2. The van der Waals surface area contributed by atoms with Crippen LogP contribution in [0.5, 0.6) is 0 Å². The summed E-state index contributed by atoms with van der Waals surface area (Å²) in [5.41, 5.74) is -0.354. The van der Waals surface area contributed by atoms with Gasteiger partial charge in [0.1, 0.15) is 0 Å². The first-order valence-corrected chi connectivity index (χ1v) is 7.04.